The molecule has 0 saturated heterocycles. The largest absolute Gasteiger partial charge is 0.481 e. The van der Waals surface area contributed by atoms with E-state index < -0.39 is 5.97 Å². The van der Waals surface area contributed by atoms with Gasteiger partial charge in [0.2, 0.25) is 11.7 Å². The van der Waals surface area contributed by atoms with E-state index in [0.717, 1.165) is 0 Å². The molecule has 78 valence electrons. The molecule has 0 bridgehead atoms. The number of hydrogen-bond donors (Lipinski definition) is 1. The summed E-state index contributed by atoms with van der Waals surface area (Å²) < 4.78 is 10.1. The van der Waals surface area contributed by atoms with Crippen LogP contribution < -0.4 is 0 Å². The molecule has 0 aromatic carbocycles. The maximum atomic E-state index is 10.4. The number of aliphatic carboxylic acids is 1. The van der Waals surface area contributed by atoms with Gasteiger partial charge in [-0.15, -0.1) is 0 Å². The molecule has 7 heteroatoms. The highest BCUT2D eigenvalue weighted by molar-refractivity contribution is 6.31. The van der Waals surface area contributed by atoms with E-state index in [1.807, 2.05) is 0 Å². The van der Waals surface area contributed by atoms with Gasteiger partial charge in [-0.3, -0.25) is 4.79 Å². The van der Waals surface area contributed by atoms with Gasteiger partial charge in [-0.05, 0) is 0 Å². The van der Waals surface area contributed by atoms with Gasteiger partial charge < -0.3 is 13.9 Å². The van der Waals surface area contributed by atoms with Crippen molar-refractivity contribution in [3.63, 3.8) is 0 Å². The van der Waals surface area contributed by atoms with Crippen molar-refractivity contribution < 1.29 is 18.7 Å². The van der Waals surface area contributed by atoms with Crippen molar-refractivity contribution >= 4 is 17.6 Å². The predicted molar refractivity (Wildman–Crippen MR) is 48.3 cm³/mol. The Kier molecular flexibility index (Phi) is 2.42. The summed E-state index contributed by atoms with van der Waals surface area (Å²) >= 11 is 5.73. The minimum atomic E-state index is -1.04. The van der Waals surface area contributed by atoms with Crippen LogP contribution in [0.25, 0.3) is 11.5 Å². The average Bonchev–Trinajstić information content (AvgIpc) is 2.72. The highest BCUT2D eigenvalue weighted by Crippen LogP contribution is 2.28. The normalized spacial score (nSPS) is 10.5. The van der Waals surface area contributed by atoms with Crippen molar-refractivity contribution in [2.45, 2.75) is 6.42 Å². The van der Waals surface area contributed by atoms with Crippen LogP contribution in [-0.2, 0) is 11.2 Å². The van der Waals surface area contributed by atoms with Crippen molar-refractivity contribution in [1.29, 1.82) is 0 Å². The lowest BCUT2D eigenvalue weighted by Gasteiger charge is -1.88. The summed E-state index contributed by atoms with van der Waals surface area (Å²) in [4.78, 5) is 17.8. The number of rotatable bonds is 3. The first-order valence-electron chi connectivity index (χ1n) is 3.92. The lowest BCUT2D eigenvalue weighted by Crippen LogP contribution is -1.99. The summed E-state index contributed by atoms with van der Waals surface area (Å²) in [5.74, 6) is -0.523. The van der Waals surface area contributed by atoms with Gasteiger partial charge in [-0.25, -0.2) is 9.97 Å². The maximum Gasteiger partial charge on any atom is 0.312 e. The predicted octanol–water partition coefficient (Wildman–Crippen LogP) is 1.61. The zero-order valence-corrected chi connectivity index (χ0v) is 8.06. The van der Waals surface area contributed by atoms with Gasteiger partial charge in [0.1, 0.15) is 6.42 Å². The lowest BCUT2D eigenvalue weighted by molar-refractivity contribution is -0.136. The van der Waals surface area contributed by atoms with E-state index in [-0.39, 0.29) is 23.2 Å². The summed E-state index contributed by atoms with van der Waals surface area (Å²) in [5, 5.41) is 8.58. The van der Waals surface area contributed by atoms with Crippen molar-refractivity contribution in [2.24, 2.45) is 0 Å². The van der Waals surface area contributed by atoms with Crippen molar-refractivity contribution in [2.75, 3.05) is 0 Å². The van der Waals surface area contributed by atoms with E-state index in [1.54, 1.807) is 0 Å². The second kappa shape index (κ2) is 3.74. The molecule has 2 rings (SSSR count). The number of carboxylic acids is 1. The molecule has 0 fully saturated rings. The highest BCUT2D eigenvalue weighted by atomic mass is 35.5. The van der Waals surface area contributed by atoms with Crippen molar-refractivity contribution in [3.8, 4) is 11.5 Å². The Morgan fingerprint density at radius 1 is 1.60 bits per heavy atom. The third-order valence-corrected chi connectivity index (χ3v) is 1.84. The molecule has 0 aliphatic carbocycles. The third-order valence-electron chi connectivity index (χ3n) is 1.59. The second-order valence-electron chi connectivity index (χ2n) is 2.66. The molecule has 0 saturated carbocycles. The molecule has 6 nitrogen and oxygen atoms in total. The van der Waals surface area contributed by atoms with Crippen LogP contribution in [0.15, 0.2) is 21.4 Å². The monoisotopic (exact) mass is 228 g/mol. The van der Waals surface area contributed by atoms with Crippen LogP contribution in [-0.4, -0.2) is 21.0 Å². The number of oxazole rings is 2. The van der Waals surface area contributed by atoms with E-state index >= 15 is 0 Å². The Bertz CT molecular complexity index is 477. The van der Waals surface area contributed by atoms with Gasteiger partial charge in [0, 0.05) is 0 Å². The van der Waals surface area contributed by atoms with Crippen LogP contribution in [0.4, 0.5) is 0 Å². The number of nitrogens with zero attached hydrogens (tertiary/aromatic N) is 2. The van der Waals surface area contributed by atoms with E-state index in [2.05, 4.69) is 9.97 Å². The quantitative estimate of drug-likeness (QED) is 0.858. The van der Waals surface area contributed by atoms with E-state index in [9.17, 15) is 4.79 Å². The maximum absolute atomic E-state index is 10.4. The Labute approximate surface area is 88.5 Å². The topological polar surface area (TPSA) is 89.4 Å². The number of aromatic nitrogens is 2. The lowest BCUT2D eigenvalue weighted by atomic mass is 10.4. The van der Waals surface area contributed by atoms with Gasteiger partial charge in [0.05, 0.1) is 6.20 Å². The first-order valence-corrected chi connectivity index (χ1v) is 4.30. The summed E-state index contributed by atoms with van der Waals surface area (Å²) in [6, 6.07) is 0. The van der Waals surface area contributed by atoms with Crippen LogP contribution in [0.3, 0.4) is 0 Å². The molecule has 0 radical (unpaired) electrons. The number of carbonyl (C=O) groups is 1. The first-order chi connectivity index (χ1) is 7.16. The molecule has 0 amide bonds. The number of carboxylic acid groups (broad SMARTS) is 1. The molecule has 0 unspecified atom stereocenters. The van der Waals surface area contributed by atoms with Gasteiger partial charge in [-0.2, -0.15) is 0 Å². The molecule has 15 heavy (non-hydrogen) atoms. The fraction of sp³-hybridized carbons (Fsp3) is 0.125. The fourth-order valence-electron chi connectivity index (χ4n) is 1.03. The Morgan fingerprint density at radius 3 is 3.00 bits per heavy atom. The zero-order valence-electron chi connectivity index (χ0n) is 7.31. The molecule has 1 N–H and O–H groups in total. The summed E-state index contributed by atoms with van der Waals surface area (Å²) in [6.45, 7) is 0. The van der Waals surface area contributed by atoms with Gasteiger partial charge in [0.15, 0.2) is 17.3 Å². The van der Waals surface area contributed by atoms with Crippen molar-refractivity contribution in [1.82, 2.24) is 9.97 Å². The van der Waals surface area contributed by atoms with E-state index in [0.29, 0.717) is 5.76 Å². The van der Waals surface area contributed by atoms with Gasteiger partial charge in [0.25, 0.3) is 0 Å². The third kappa shape index (κ3) is 1.99. The average molecular weight is 229 g/mol. The van der Waals surface area contributed by atoms with E-state index in [4.69, 9.17) is 25.5 Å². The highest BCUT2D eigenvalue weighted by Gasteiger charge is 2.17. The van der Waals surface area contributed by atoms with Gasteiger partial charge in [-0.1, -0.05) is 11.6 Å². The van der Waals surface area contributed by atoms with Crippen molar-refractivity contribution in [3.05, 3.63) is 23.6 Å². The molecule has 0 spiro atoms. The second-order valence-corrected chi connectivity index (χ2v) is 3.02. The zero-order chi connectivity index (χ0) is 10.8. The Balaban J connectivity index is 2.34. The molecule has 2 aromatic heterocycles. The minimum absolute atomic E-state index is 0.0268. The molecule has 0 aliphatic heterocycles. The molecule has 0 aliphatic rings. The SMILES string of the molecule is O=C(O)Cc1nc(Cl)c(-c2cnco2)o1. The van der Waals surface area contributed by atoms with Crippen LogP contribution in [0.2, 0.25) is 5.15 Å². The van der Waals surface area contributed by atoms with Crippen LogP contribution in [0.1, 0.15) is 5.89 Å². The summed E-state index contributed by atoms with van der Waals surface area (Å²) in [7, 11) is 0. The van der Waals surface area contributed by atoms with Gasteiger partial charge >= 0.3 is 5.97 Å². The fourth-order valence-corrected chi connectivity index (χ4v) is 1.25. The standard InChI is InChI=1S/C8H5ClN2O4/c9-8-7(4-2-10-3-14-4)15-5(11-8)1-6(12)13/h2-3H,1H2,(H,12,13). The minimum Gasteiger partial charge on any atom is -0.481 e. The van der Waals surface area contributed by atoms with E-state index in [1.165, 1.54) is 12.6 Å². The molecular weight excluding hydrogens is 224 g/mol. The summed E-state index contributed by atoms with van der Waals surface area (Å²) in [6.07, 6.45) is 2.29. The number of hydrogen-bond acceptors (Lipinski definition) is 5. The smallest absolute Gasteiger partial charge is 0.312 e. The van der Waals surface area contributed by atoms with Crippen LogP contribution in [0, 0.1) is 0 Å². The first kappa shape index (κ1) is 9.72. The Morgan fingerprint density at radius 2 is 2.40 bits per heavy atom. The molecule has 2 heterocycles. The van der Waals surface area contributed by atoms with Crippen LogP contribution in [0.5, 0.6) is 0 Å². The van der Waals surface area contributed by atoms with Crippen LogP contribution >= 0.6 is 11.6 Å². The Hall–Kier alpha value is -1.82. The summed E-state index contributed by atoms with van der Waals surface area (Å²) in [5.41, 5.74) is 0. The molecule has 2 aromatic rings. The molecular formula is C8H5ClN2O4. The number of halogens is 1. The molecule has 0 atom stereocenters.